The zero-order valence-corrected chi connectivity index (χ0v) is 14.1. The average molecular weight is 299 g/mol. The van der Waals surface area contributed by atoms with Crippen molar-refractivity contribution in [3.8, 4) is 0 Å². The number of carbonyl (C=O) groups is 1. The van der Waals surface area contributed by atoms with Crippen LogP contribution in [0.4, 0.5) is 0 Å². The van der Waals surface area contributed by atoms with Gasteiger partial charge >= 0.3 is 0 Å². The Morgan fingerprint density at radius 3 is 2.27 bits per heavy atom. The molecule has 0 fully saturated rings. The molecule has 0 aliphatic rings. The van der Waals surface area contributed by atoms with Gasteiger partial charge in [-0.2, -0.15) is 5.10 Å². The van der Waals surface area contributed by atoms with Crippen molar-refractivity contribution in [2.24, 2.45) is 7.05 Å². The molecule has 0 aliphatic heterocycles. The highest BCUT2D eigenvalue weighted by Crippen LogP contribution is 2.21. The maximum Gasteiger partial charge on any atom is 0.270 e. The summed E-state index contributed by atoms with van der Waals surface area (Å²) in [6.07, 6.45) is 0.851. The van der Waals surface area contributed by atoms with Crippen LogP contribution in [0.25, 0.3) is 0 Å². The van der Waals surface area contributed by atoms with Crippen LogP contribution in [0.15, 0.2) is 30.3 Å². The molecular formula is C18H25N3O. The number of nitrogens with one attached hydrogen (secondary N) is 1. The minimum Gasteiger partial charge on any atom is -0.344 e. The fourth-order valence-corrected chi connectivity index (χ4v) is 2.59. The molecule has 2 aromatic rings. The summed E-state index contributed by atoms with van der Waals surface area (Å²) in [5.41, 5.74) is 3.89. The molecule has 0 spiro atoms. The van der Waals surface area contributed by atoms with Gasteiger partial charge in [0, 0.05) is 7.05 Å². The van der Waals surface area contributed by atoms with Gasteiger partial charge in [0.25, 0.3) is 5.91 Å². The first-order chi connectivity index (χ1) is 10.4. The van der Waals surface area contributed by atoms with Crippen LogP contribution in [0.3, 0.4) is 0 Å². The largest absolute Gasteiger partial charge is 0.344 e. The number of amides is 1. The van der Waals surface area contributed by atoms with Crippen molar-refractivity contribution in [2.45, 2.75) is 46.1 Å². The number of aryl methyl sites for hydroxylation is 2. The number of hydrogen-bond acceptors (Lipinski definition) is 2. The summed E-state index contributed by atoms with van der Waals surface area (Å²) in [5, 5.41) is 7.33. The first-order valence-electron chi connectivity index (χ1n) is 7.83. The van der Waals surface area contributed by atoms with Gasteiger partial charge in [0.2, 0.25) is 0 Å². The quantitative estimate of drug-likeness (QED) is 0.914. The Bertz CT molecular complexity index is 641. The summed E-state index contributed by atoms with van der Waals surface area (Å²) < 4.78 is 1.62. The van der Waals surface area contributed by atoms with Crippen LogP contribution in [0.1, 0.15) is 66.5 Å². The minimum atomic E-state index is -0.0807. The lowest BCUT2D eigenvalue weighted by molar-refractivity contribution is 0.0926. The zero-order chi connectivity index (χ0) is 16.3. The molecule has 118 valence electrons. The predicted molar refractivity (Wildman–Crippen MR) is 89.0 cm³/mol. The molecule has 0 saturated carbocycles. The second kappa shape index (κ2) is 6.77. The number of rotatable bonds is 5. The third-order valence-electron chi connectivity index (χ3n) is 3.95. The Hall–Kier alpha value is -2.10. The average Bonchev–Trinajstić information content (AvgIpc) is 2.83. The fraction of sp³-hybridized carbons (Fsp3) is 0.444. The first kappa shape index (κ1) is 16.3. The van der Waals surface area contributed by atoms with Crippen molar-refractivity contribution >= 4 is 5.91 Å². The van der Waals surface area contributed by atoms with Gasteiger partial charge in [0.15, 0.2) is 0 Å². The molecule has 4 heteroatoms. The Balaban J connectivity index is 2.15. The van der Waals surface area contributed by atoms with Crippen molar-refractivity contribution in [3.63, 3.8) is 0 Å². The highest BCUT2D eigenvalue weighted by atomic mass is 16.2. The summed E-state index contributed by atoms with van der Waals surface area (Å²) >= 11 is 0. The lowest BCUT2D eigenvalue weighted by atomic mass is 9.98. The Morgan fingerprint density at radius 1 is 1.23 bits per heavy atom. The summed E-state index contributed by atoms with van der Waals surface area (Å²) in [4.78, 5) is 12.4. The number of carbonyl (C=O) groups excluding carboxylic acids is 1. The Labute approximate surface area is 132 Å². The normalized spacial score (nSPS) is 12.5. The van der Waals surface area contributed by atoms with Crippen molar-refractivity contribution in [1.82, 2.24) is 15.1 Å². The van der Waals surface area contributed by atoms with E-state index in [0.717, 1.165) is 17.7 Å². The van der Waals surface area contributed by atoms with E-state index in [0.29, 0.717) is 11.6 Å². The number of aromatic nitrogens is 2. The maximum atomic E-state index is 12.4. The van der Waals surface area contributed by atoms with Gasteiger partial charge < -0.3 is 5.32 Å². The monoisotopic (exact) mass is 299 g/mol. The molecule has 22 heavy (non-hydrogen) atoms. The third-order valence-corrected chi connectivity index (χ3v) is 3.95. The molecule has 0 radical (unpaired) electrons. The maximum absolute atomic E-state index is 12.4. The Morgan fingerprint density at radius 2 is 1.82 bits per heavy atom. The van der Waals surface area contributed by atoms with Crippen LogP contribution < -0.4 is 5.32 Å². The molecule has 1 aromatic heterocycles. The van der Waals surface area contributed by atoms with Crippen molar-refractivity contribution in [3.05, 3.63) is 52.8 Å². The lowest BCUT2D eigenvalue weighted by Gasteiger charge is -2.18. The number of nitrogens with zero attached hydrogens (tertiary/aromatic N) is 2. The zero-order valence-electron chi connectivity index (χ0n) is 14.1. The van der Waals surface area contributed by atoms with E-state index in [2.05, 4.69) is 55.5 Å². The van der Waals surface area contributed by atoms with E-state index in [-0.39, 0.29) is 11.9 Å². The third kappa shape index (κ3) is 3.56. The second-order valence-electron chi connectivity index (χ2n) is 6.05. The van der Waals surface area contributed by atoms with Crippen LogP contribution in [-0.4, -0.2) is 15.7 Å². The van der Waals surface area contributed by atoms with Gasteiger partial charge in [0.1, 0.15) is 5.69 Å². The molecule has 0 aliphatic carbocycles. The van der Waals surface area contributed by atoms with Crippen LogP contribution in [-0.2, 0) is 7.05 Å². The first-order valence-corrected chi connectivity index (χ1v) is 7.83. The van der Waals surface area contributed by atoms with Gasteiger partial charge in [-0.1, -0.05) is 45.0 Å². The van der Waals surface area contributed by atoms with E-state index in [1.165, 1.54) is 5.56 Å². The molecule has 1 amide bonds. The van der Waals surface area contributed by atoms with Crippen LogP contribution in [0.2, 0.25) is 0 Å². The smallest absolute Gasteiger partial charge is 0.270 e. The molecule has 4 nitrogen and oxygen atoms in total. The Kier molecular flexibility index (Phi) is 5.01. The summed E-state index contributed by atoms with van der Waals surface area (Å²) in [6, 6.07) is 10.3. The van der Waals surface area contributed by atoms with E-state index in [1.807, 2.05) is 13.0 Å². The molecule has 1 N–H and O–H groups in total. The van der Waals surface area contributed by atoms with Gasteiger partial charge in [0.05, 0.1) is 11.7 Å². The lowest BCUT2D eigenvalue weighted by Crippen LogP contribution is -2.29. The van der Waals surface area contributed by atoms with Crippen LogP contribution in [0.5, 0.6) is 0 Å². The van der Waals surface area contributed by atoms with Gasteiger partial charge in [-0.05, 0) is 36.5 Å². The highest BCUT2D eigenvalue weighted by molar-refractivity contribution is 5.92. The van der Waals surface area contributed by atoms with Crippen LogP contribution >= 0.6 is 0 Å². The summed E-state index contributed by atoms with van der Waals surface area (Å²) in [6.45, 7) is 8.33. The van der Waals surface area contributed by atoms with Gasteiger partial charge in [-0.25, -0.2) is 0 Å². The van der Waals surface area contributed by atoms with Crippen molar-refractivity contribution < 1.29 is 4.79 Å². The van der Waals surface area contributed by atoms with Gasteiger partial charge in [-0.3, -0.25) is 9.48 Å². The fourth-order valence-electron chi connectivity index (χ4n) is 2.59. The van der Waals surface area contributed by atoms with Crippen molar-refractivity contribution in [2.75, 3.05) is 0 Å². The second-order valence-corrected chi connectivity index (χ2v) is 6.05. The number of benzene rings is 1. The molecule has 1 heterocycles. The topological polar surface area (TPSA) is 46.9 Å². The number of hydrogen-bond donors (Lipinski definition) is 1. The molecule has 0 saturated heterocycles. The molecule has 1 atom stereocenters. The summed E-state index contributed by atoms with van der Waals surface area (Å²) in [5.74, 6) is 0.434. The van der Waals surface area contributed by atoms with Gasteiger partial charge in [-0.15, -0.1) is 0 Å². The van der Waals surface area contributed by atoms with E-state index >= 15 is 0 Å². The SMILES string of the molecule is CCC(NC(=O)c1cc(C)nn1C)c1ccc(C(C)C)cc1. The highest BCUT2D eigenvalue weighted by Gasteiger charge is 2.17. The molecular weight excluding hydrogens is 274 g/mol. The summed E-state index contributed by atoms with van der Waals surface area (Å²) in [7, 11) is 1.79. The molecule has 0 bridgehead atoms. The molecule has 2 rings (SSSR count). The van der Waals surface area contributed by atoms with Crippen molar-refractivity contribution in [1.29, 1.82) is 0 Å². The standard InChI is InChI=1S/C18H25N3O/c1-6-16(15-9-7-14(8-10-15)12(2)3)19-18(22)17-11-13(4)20-21(17)5/h7-12,16H,6H2,1-5H3,(H,19,22). The van der Waals surface area contributed by atoms with Crippen LogP contribution in [0, 0.1) is 6.92 Å². The van der Waals surface area contributed by atoms with E-state index in [4.69, 9.17) is 0 Å². The molecule has 1 unspecified atom stereocenters. The molecule has 1 aromatic carbocycles. The van der Waals surface area contributed by atoms with E-state index in [9.17, 15) is 4.79 Å². The minimum absolute atomic E-state index is 0.0175. The van der Waals surface area contributed by atoms with E-state index < -0.39 is 0 Å². The van der Waals surface area contributed by atoms with E-state index in [1.54, 1.807) is 11.7 Å². The predicted octanol–water partition coefficient (Wildman–Crippen LogP) is 3.73.